The zero-order chi connectivity index (χ0) is 18.2. The molecule has 0 fully saturated rings. The molecule has 0 aliphatic heterocycles. The van der Waals surface area contributed by atoms with Crippen LogP contribution in [-0.2, 0) is 4.79 Å². The van der Waals surface area contributed by atoms with Gasteiger partial charge >= 0.3 is 0 Å². The highest BCUT2D eigenvalue weighted by molar-refractivity contribution is 8.01. The van der Waals surface area contributed by atoms with Crippen LogP contribution in [-0.4, -0.2) is 27.3 Å². The molecule has 2 N–H and O–H groups in total. The Labute approximate surface area is 155 Å². The lowest BCUT2D eigenvalue weighted by Crippen LogP contribution is -2.14. The minimum absolute atomic E-state index is 0.0594. The molecule has 1 heterocycles. The number of carbonyl (C=O) groups is 2. The average molecular weight is 379 g/mol. The molecule has 2 rings (SSSR count). The van der Waals surface area contributed by atoms with E-state index in [0.29, 0.717) is 28.1 Å². The lowest BCUT2D eigenvalue weighted by molar-refractivity contribution is -0.116. The van der Waals surface area contributed by atoms with Crippen molar-refractivity contribution in [2.24, 2.45) is 0 Å². The van der Waals surface area contributed by atoms with E-state index in [0.717, 1.165) is 17.2 Å². The van der Waals surface area contributed by atoms with Crippen molar-refractivity contribution in [1.82, 2.24) is 10.2 Å². The molecular formula is C17H22N4O2S2. The summed E-state index contributed by atoms with van der Waals surface area (Å²) in [6.07, 6.45) is 2.28. The van der Waals surface area contributed by atoms with Crippen molar-refractivity contribution in [1.29, 1.82) is 0 Å². The first kappa shape index (κ1) is 19.4. The summed E-state index contributed by atoms with van der Waals surface area (Å²) >= 11 is 3.01. The van der Waals surface area contributed by atoms with Gasteiger partial charge in [0.2, 0.25) is 11.0 Å². The van der Waals surface area contributed by atoms with Gasteiger partial charge in [0.1, 0.15) is 0 Å². The number of anilines is 2. The Morgan fingerprint density at radius 1 is 1.24 bits per heavy atom. The first-order valence-corrected chi connectivity index (χ1v) is 9.92. The van der Waals surface area contributed by atoms with Gasteiger partial charge in [0, 0.05) is 22.9 Å². The highest BCUT2D eigenvalue weighted by Crippen LogP contribution is 2.30. The molecule has 2 aromatic rings. The smallest absolute Gasteiger partial charge is 0.257 e. The number of thioether (sulfide) groups is 1. The molecular weight excluding hydrogens is 356 g/mol. The van der Waals surface area contributed by atoms with Crippen LogP contribution in [0.1, 0.15) is 50.4 Å². The monoisotopic (exact) mass is 378 g/mol. The summed E-state index contributed by atoms with van der Waals surface area (Å²) < 4.78 is 0.838. The fourth-order valence-corrected chi connectivity index (χ4v) is 3.91. The standard InChI is InChI=1S/C17H22N4O2S2/c1-4-7-14(22)18-13-9-6-8-12(10-13)15(23)19-16-20-21-17(25-16)24-11(3)5-2/h6,8-11H,4-5,7H2,1-3H3,(H,18,22)(H,19,20,23). The molecule has 6 nitrogen and oxygen atoms in total. The molecule has 134 valence electrons. The van der Waals surface area contributed by atoms with Gasteiger partial charge in [-0.05, 0) is 31.0 Å². The Bertz CT molecular complexity index is 733. The molecule has 8 heteroatoms. The summed E-state index contributed by atoms with van der Waals surface area (Å²) in [4.78, 5) is 24.0. The second kappa shape index (κ2) is 9.53. The first-order chi connectivity index (χ1) is 12.0. The van der Waals surface area contributed by atoms with Gasteiger partial charge in [-0.25, -0.2) is 0 Å². The van der Waals surface area contributed by atoms with E-state index in [4.69, 9.17) is 0 Å². The SMILES string of the molecule is CCCC(=O)Nc1cccc(C(=O)Nc2nnc(SC(C)CC)s2)c1. The van der Waals surface area contributed by atoms with Gasteiger partial charge in [-0.3, -0.25) is 14.9 Å². The Morgan fingerprint density at radius 2 is 2.04 bits per heavy atom. The van der Waals surface area contributed by atoms with Gasteiger partial charge < -0.3 is 5.32 Å². The van der Waals surface area contributed by atoms with Crippen molar-refractivity contribution in [2.45, 2.75) is 49.6 Å². The molecule has 1 unspecified atom stereocenters. The molecule has 1 atom stereocenters. The highest BCUT2D eigenvalue weighted by Gasteiger charge is 2.13. The highest BCUT2D eigenvalue weighted by atomic mass is 32.2. The molecule has 0 aliphatic carbocycles. The van der Waals surface area contributed by atoms with Crippen LogP contribution in [0, 0.1) is 0 Å². The number of hydrogen-bond donors (Lipinski definition) is 2. The van der Waals surface area contributed by atoms with E-state index in [1.54, 1.807) is 36.0 Å². The number of benzene rings is 1. The van der Waals surface area contributed by atoms with E-state index < -0.39 is 0 Å². The molecule has 0 spiro atoms. The van der Waals surface area contributed by atoms with Crippen LogP contribution in [0.15, 0.2) is 28.6 Å². The van der Waals surface area contributed by atoms with Gasteiger partial charge in [0.15, 0.2) is 4.34 Å². The first-order valence-electron chi connectivity index (χ1n) is 8.23. The lowest BCUT2D eigenvalue weighted by Gasteiger charge is -2.06. The van der Waals surface area contributed by atoms with Crippen molar-refractivity contribution in [2.75, 3.05) is 10.6 Å². The van der Waals surface area contributed by atoms with Crippen molar-refractivity contribution in [3.63, 3.8) is 0 Å². The quantitative estimate of drug-likeness (QED) is 0.525. The molecule has 1 aromatic carbocycles. The maximum Gasteiger partial charge on any atom is 0.257 e. The normalized spacial score (nSPS) is 11.8. The molecule has 0 saturated heterocycles. The summed E-state index contributed by atoms with van der Waals surface area (Å²) in [5.41, 5.74) is 1.07. The van der Waals surface area contributed by atoms with Gasteiger partial charge in [-0.1, -0.05) is 49.9 Å². The van der Waals surface area contributed by atoms with Crippen LogP contribution < -0.4 is 10.6 Å². The largest absolute Gasteiger partial charge is 0.326 e. The maximum absolute atomic E-state index is 12.4. The van der Waals surface area contributed by atoms with E-state index in [2.05, 4.69) is 34.7 Å². The van der Waals surface area contributed by atoms with Gasteiger partial charge in [0.25, 0.3) is 5.91 Å². The number of rotatable bonds is 8. The van der Waals surface area contributed by atoms with Gasteiger partial charge in [-0.15, -0.1) is 10.2 Å². The number of nitrogens with zero attached hydrogens (tertiary/aromatic N) is 2. The molecule has 0 aliphatic rings. The second-order valence-corrected chi connectivity index (χ2v) is 8.21. The third-order valence-electron chi connectivity index (χ3n) is 3.39. The maximum atomic E-state index is 12.4. The van der Waals surface area contributed by atoms with Crippen LogP contribution in [0.25, 0.3) is 0 Å². The molecule has 0 saturated carbocycles. The summed E-state index contributed by atoms with van der Waals surface area (Å²) in [5.74, 6) is -0.335. The summed E-state index contributed by atoms with van der Waals surface area (Å²) in [5, 5.41) is 14.6. The van der Waals surface area contributed by atoms with Crippen molar-refractivity contribution < 1.29 is 9.59 Å². The van der Waals surface area contributed by atoms with E-state index in [9.17, 15) is 9.59 Å². The predicted octanol–water partition coefficient (Wildman–Crippen LogP) is 4.42. The zero-order valence-electron chi connectivity index (χ0n) is 14.5. The zero-order valence-corrected chi connectivity index (χ0v) is 16.2. The molecule has 25 heavy (non-hydrogen) atoms. The number of amides is 2. The fourth-order valence-electron chi connectivity index (χ4n) is 1.92. The average Bonchev–Trinajstić information content (AvgIpc) is 3.02. The van der Waals surface area contributed by atoms with Crippen LogP contribution in [0.2, 0.25) is 0 Å². The fraction of sp³-hybridized carbons (Fsp3) is 0.412. The van der Waals surface area contributed by atoms with E-state index in [1.807, 2.05) is 6.92 Å². The van der Waals surface area contributed by atoms with Gasteiger partial charge in [0.05, 0.1) is 0 Å². The van der Waals surface area contributed by atoms with E-state index in [1.165, 1.54) is 11.3 Å². The number of aromatic nitrogens is 2. The Morgan fingerprint density at radius 3 is 2.76 bits per heavy atom. The van der Waals surface area contributed by atoms with Crippen LogP contribution >= 0.6 is 23.1 Å². The third-order valence-corrected chi connectivity index (χ3v) is 5.58. The minimum atomic E-state index is -0.275. The number of nitrogens with one attached hydrogen (secondary N) is 2. The third kappa shape index (κ3) is 6.13. The number of hydrogen-bond acceptors (Lipinski definition) is 6. The predicted molar refractivity (Wildman–Crippen MR) is 103 cm³/mol. The summed E-state index contributed by atoms with van der Waals surface area (Å²) in [7, 11) is 0. The Balaban J connectivity index is 2.00. The van der Waals surface area contributed by atoms with Crippen LogP contribution in [0.4, 0.5) is 10.8 Å². The molecule has 0 radical (unpaired) electrons. The summed E-state index contributed by atoms with van der Waals surface area (Å²) in [6, 6.07) is 6.84. The second-order valence-electron chi connectivity index (χ2n) is 5.54. The van der Waals surface area contributed by atoms with Crippen LogP contribution in [0.5, 0.6) is 0 Å². The Hall–Kier alpha value is -1.93. The van der Waals surface area contributed by atoms with Crippen molar-refractivity contribution in [3.8, 4) is 0 Å². The Kier molecular flexibility index (Phi) is 7.39. The minimum Gasteiger partial charge on any atom is -0.326 e. The number of carbonyl (C=O) groups excluding carboxylic acids is 2. The molecule has 2 amide bonds. The molecule has 0 bridgehead atoms. The topological polar surface area (TPSA) is 84.0 Å². The lowest BCUT2D eigenvalue weighted by atomic mass is 10.2. The van der Waals surface area contributed by atoms with Crippen molar-refractivity contribution >= 4 is 45.7 Å². The van der Waals surface area contributed by atoms with Gasteiger partial charge in [-0.2, -0.15) is 0 Å². The van der Waals surface area contributed by atoms with E-state index in [-0.39, 0.29) is 11.8 Å². The van der Waals surface area contributed by atoms with Crippen LogP contribution in [0.3, 0.4) is 0 Å². The summed E-state index contributed by atoms with van der Waals surface area (Å²) in [6.45, 7) is 6.19. The van der Waals surface area contributed by atoms with E-state index >= 15 is 0 Å². The molecule has 1 aromatic heterocycles. The van der Waals surface area contributed by atoms with Crippen molar-refractivity contribution in [3.05, 3.63) is 29.8 Å².